The van der Waals surface area contributed by atoms with E-state index in [1.165, 1.54) is 0 Å². The number of alkyl carbamates (subject to hydrolysis) is 2. The van der Waals surface area contributed by atoms with Crippen LogP contribution in [0.15, 0.2) is 24.3 Å². The van der Waals surface area contributed by atoms with Crippen LogP contribution in [0.5, 0.6) is 0 Å². The Kier molecular flexibility index (Phi) is 28.7. The van der Waals surface area contributed by atoms with Gasteiger partial charge < -0.3 is 62.2 Å². The molecule has 2 heterocycles. The molecule has 0 aromatic carbocycles. The molecule has 2 unspecified atom stereocenters. The van der Waals surface area contributed by atoms with Gasteiger partial charge in [0.15, 0.2) is 0 Å². The molecular weight excluding hydrogens is 1060 g/mol. The Morgan fingerprint density at radius 3 is 1.10 bits per heavy atom. The van der Waals surface area contributed by atoms with Crippen molar-refractivity contribution in [3.05, 3.63) is 24.3 Å². The van der Waals surface area contributed by atoms with Crippen molar-refractivity contribution in [1.29, 1.82) is 0 Å². The lowest BCUT2D eigenvalue weighted by atomic mass is 10.0. The normalized spacial score (nSPS) is 14.6. The third-order valence-corrected chi connectivity index (χ3v) is 15.0. The minimum atomic E-state index is -2.23. The second-order valence-corrected chi connectivity index (χ2v) is 31.9. The first-order valence-electron chi connectivity index (χ1n) is 25.6. The number of carboxylic acids is 2. The molecule has 28 nitrogen and oxygen atoms in total. The Morgan fingerprint density at radius 2 is 0.795 bits per heavy atom. The van der Waals surface area contributed by atoms with Crippen LogP contribution in [0.4, 0.5) is 9.59 Å². The third-order valence-electron chi connectivity index (χ3n) is 11.5. The van der Waals surface area contributed by atoms with Gasteiger partial charge in [-0.1, -0.05) is 39.3 Å². The van der Waals surface area contributed by atoms with Crippen LogP contribution >= 0.6 is 0 Å². The molecule has 0 saturated carbocycles. The third kappa shape index (κ3) is 27.5. The van der Waals surface area contributed by atoms with Gasteiger partial charge in [0.25, 0.3) is 23.6 Å². The van der Waals surface area contributed by atoms with Crippen LogP contribution < -0.4 is 42.5 Å². The number of imide groups is 2. The smallest absolute Gasteiger partial charge is 0.407 e. The molecule has 78 heavy (non-hydrogen) atoms. The molecule has 0 radical (unpaired) electrons. The molecule has 434 valence electrons. The first-order valence-corrected chi connectivity index (χ1v) is 33.0. The van der Waals surface area contributed by atoms with E-state index in [9.17, 15) is 77.3 Å². The number of hydrogen-bond donors (Lipinski definition) is 10. The molecule has 2 aliphatic heterocycles. The number of carbonyl (C=O) groups excluding carboxylic acids is 12. The van der Waals surface area contributed by atoms with Crippen molar-refractivity contribution in [2.45, 2.75) is 140 Å². The molecule has 2 rings (SSSR count). The number of aliphatic carboxylic acids is 2. The lowest BCUT2D eigenvalue weighted by Crippen LogP contribution is -2.66. The Hall–Kier alpha value is -7.51. The van der Waals surface area contributed by atoms with E-state index >= 15 is 0 Å². The van der Waals surface area contributed by atoms with E-state index in [4.69, 9.17) is 9.47 Å². The maximum atomic E-state index is 14.7. The van der Waals surface area contributed by atoms with Crippen molar-refractivity contribution < 1.29 is 86.8 Å². The molecule has 0 saturated heterocycles. The van der Waals surface area contributed by atoms with Gasteiger partial charge in [-0.25, -0.2) is 9.59 Å². The fourth-order valence-corrected chi connectivity index (χ4v) is 8.47. The number of nitrogens with zero attached hydrogens (tertiary/aromatic N) is 2. The number of hydrogen-bond acceptors (Lipinski definition) is 16. The second-order valence-electron chi connectivity index (χ2n) is 20.6. The highest BCUT2D eigenvalue weighted by molar-refractivity contribution is 6.76. The number of carbonyl (C=O) groups is 14. The van der Waals surface area contributed by atoms with Gasteiger partial charge in [0.1, 0.15) is 24.2 Å². The molecule has 12 amide bonds. The number of rotatable bonds is 37. The van der Waals surface area contributed by atoms with Crippen LogP contribution in [0.25, 0.3) is 0 Å². The monoisotopic (exact) mass is 1140 g/mol. The summed E-state index contributed by atoms with van der Waals surface area (Å²) in [5.41, 5.74) is 0. The lowest BCUT2D eigenvalue weighted by Gasteiger charge is -2.30. The molecule has 0 aromatic heterocycles. The van der Waals surface area contributed by atoms with Crippen molar-refractivity contribution in [1.82, 2.24) is 52.3 Å². The standard InChI is InChI=1S/C48H76N10O18Si2/c1-77(2,3)29-27-75-47(73)51-21-9-7-11-31(43(69)49-23-17-39(65)66)53-45(71)41(55-33(59)19-25-57-35(61)13-14-36(57)62)42(56-34(60)20-26-58-37(63)15-16-38(58)64)46(72)54-32(44(70)50-24-18-40(67)68)12-8-10-22-52-48(74)76-28-30-78(4,5)6/h13-16,31-32,41-42H,7-12,17-30H2,1-6H3,(H,49,69)(H,50,70)(H,51,73)(H,52,74)(H,53,71)(H,54,72)(H,55,59)(H,56,60)(H,65,66)(H,67,68)/t31-,32-,41?,42?/m0/s1. The lowest BCUT2D eigenvalue weighted by molar-refractivity contribution is -0.141. The molecule has 2 aliphatic rings. The predicted molar refractivity (Wildman–Crippen MR) is 282 cm³/mol. The number of unbranched alkanes of at least 4 members (excludes halogenated alkanes) is 2. The van der Waals surface area contributed by atoms with Gasteiger partial charge in [-0.15, -0.1) is 0 Å². The highest BCUT2D eigenvalue weighted by atomic mass is 28.3. The van der Waals surface area contributed by atoms with Crippen molar-refractivity contribution in [3.63, 3.8) is 0 Å². The van der Waals surface area contributed by atoms with Gasteiger partial charge in [-0.2, -0.15) is 0 Å². The Morgan fingerprint density at radius 1 is 0.462 bits per heavy atom. The quantitative estimate of drug-likeness (QED) is 0.0207. The summed E-state index contributed by atoms with van der Waals surface area (Å²) >= 11 is 0. The summed E-state index contributed by atoms with van der Waals surface area (Å²) < 4.78 is 10.5. The minimum Gasteiger partial charge on any atom is -0.481 e. The van der Waals surface area contributed by atoms with E-state index in [-0.39, 0.29) is 64.8 Å². The fraction of sp³-hybridized carbons (Fsp3) is 0.625. The van der Waals surface area contributed by atoms with Gasteiger partial charge >= 0.3 is 24.1 Å². The maximum Gasteiger partial charge on any atom is 0.407 e. The van der Waals surface area contributed by atoms with E-state index in [1.54, 1.807) is 0 Å². The Bertz CT molecular complexity index is 2080. The molecule has 0 spiro atoms. The van der Waals surface area contributed by atoms with Crippen molar-refractivity contribution >= 4 is 99.3 Å². The molecule has 10 N–H and O–H groups in total. The Balaban J connectivity index is 2.57. The summed E-state index contributed by atoms with van der Waals surface area (Å²) in [7, 11) is -3.01. The number of carboxylic acid groups (broad SMARTS) is 2. The zero-order valence-electron chi connectivity index (χ0n) is 45.1. The average Bonchev–Trinajstić information content (AvgIpc) is 3.84. The molecule has 30 heteroatoms. The van der Waals surface area contributed by atoms with Gasteiger partial charge in [0.2, 0.25) is 35.4 Å². The van der Waals surface area contributed by atoms with Gasteiger partial charge in [0.05, 0.1) is 26.1 Å². The number of amides is 12. The van der Waals surface area contributed by atoms with E-state index in [1.807, 2.05) is 0 Å². The zero-order chi connectivity index (χ0) is 58.6. The molecule has 0 aliphatic carbocycles. The van der Waals surface area contributed by atoms with Crippen molar-refractivity contribution in [2.24, 2.45) is 0 Å². The highest BCUT2D eigenvalue weighted by Crippen LogP contribution is 2.12. The first-order chi connectivity index (χ1) is 36.6. The van der Waals surface area contributed by atoms with E-state index in [2.05, 4.69) is 81.8 Å². The summed E-state index contributed by atoms with van der Waals surface area (Å²) in [6.45, 7) is 11.3. The molecular formula is C48H76N10O18Si2. The van der Waals surface area contributed by atoms with Crippen LogP contribution in [0.2, 0.25) is 51.4 Å². The van der Waals surface area contributed by atoms with Crippen LogP contribution in [0.3, 0.4) is 0 Å². The van der Waals surface area contributed by atoms with Crippen molar-refractivity contribution in [3.8, 4) is 0 Å². The van der Waals surface area contributed by atoms with Crippen LogP contribution in [-0.4, -0.2) is 196 Å². The molecule has 0 aromatic rings. The van der Waals surface area contributed by atoms with Crippen molar-refractivity contribution in [2.75, 3.05) is 52.5 Å². The molecule has 0 fully saturated rings. The van der Waals surface area contributed by atoms with Crippen LogP contribution in [0.1, 0.15) is 64.2 Å². The summed E-state index contributed by atoms with van der Waals surface area (Å²) in [4.78, 5) is 182. The average molecular weight is 1140 g/mol. The summed E-state index contributed by atoms with van der Waals surface area (Å²) in [6, 6.07) is -6.09. The van der Waals surface area contributed by atoms with E-state index < -0.39 is 175 Å². The van der Waals surface area contributed by atoms with E-state index in [0.29, 0.717) is 9.80 Å². The van der Waals surface area contributed by atoms with Gasteiger partial charge in [-0.3, -0.25) is 67.3 Å². The largest absolute Gasteiger partial charge is 0.481 e. The first kappa shape index (κ1) is 66.6. The summed E-state index contributed by atoms with van der Waals surface area (Å²) in [5, 5.41) is 37.9. The second kappa shape index (κ2) is 33.6. The van der Waals surface area contributed by atoms with Crippen LogP contribution in [0, 0.1) is 0 Å². The molecule has 4 atom stereocenters. The van der Waals surface area contributed by atoms with Crippen LogP contribution in [-0.2, 0) is 67.0 Å². The zero-order valence-corrected chi connectivity index (χ0v) is 47.1. The Labute approximate surface area is 453 Å². The fourth-order valence-electron chi connectivity index (χ4n) is 7.04. The number of ether oxygens (including phenoxy) is 2. The highest BCUT2D eigenvalue weighted by Gasteiger charge is 2.40. The predicted octanol–water partition coefficient (Wildman–Crippen LogP) is -0.793. The summed E-state index contributed by atoms with van der Waals surface area (Å²) in [6.07, 6.45) is 0.336. The molecule has 0 bridgehead atoms. The topological polar surface area (TPSA) is 401 Å². The van der Waals surface area contributed by atoms with Gasteiger partial charge in [0, 0.05) is 92.6 Å². The van der Waals surface area contributed by atoms with E-state index in [0.717, 1.165) is 36.4 Å². The summed E-state index contributed by atoms with van der Waals surface area (Å²) in [5.74, 6) is -12.2. The van der Waals surface area contributed by atoms with Gasteiger partial charge in [-0.05, 0) is 50.6 Å². The minimum absolute atomic E-state index is 0.0647. The SMILES string of the molecule is C[Si](C)(C)CCOC(=O)NCCCC[C@H](NC(=O)C(NC(=O)CCN1C(=O)C=CC1=O)C(NC(=O)CCN1C(=O)C=CC1=O)C(=O)N[C@@H](CCCCNC(=O)OCC[Si](C)(C)C)C(=O)NCCC(=O)O)C(=O)NCCC(=O)O. The number of nitrogens with one attached hydrogen (secondary N) is 8. The maximum absolute atomic E-state index is 14.7.